The van der Waals surface area contributed by atoms with E-state index in [1.807, 2.05) is 60.8 Å². The Kier molecular flexibility index (Phi) is 6.39. The number of rotatable bonds is 7. The van der Waals surface area contributed by atoms with Crippen molar-refractivity contribution in [3.8, 4) is 0 Å². The second-order valence-corrected chi connectivity index (χ2v) is 9.75. The van der Waals surface area contributed by atoms with E-state index in [1.54, 1.807) is 6.07 Å². The third-order valence-electron chi connectivity index (χ3n) is 6.34. The summed E-state index contributed by atoms with van der Waals surface area (Å²) in [7, 11) is 0. The summed E-state index contributed by atoms with van der Waals surface area (Å²) >= 11 is 1.49. The summed E-state index contributed by atoms with van der Waals surface area (Å²) in [5.74, 6) is -1.54. The Balaban J connectivity index is 1.42. The molecule has 0 radical (unpaired) electrons. The van der Waals surface area contributed by atoms with Gasteiger partial charge in [0.25, 0.3) is 11.8 Å². The smallest absolute Gasteiger partial charge is 0.306 e. The maximum atomic E-state index is 13.3. The van der Waals surface area contributed by atoms with E-state index in [1.165, 1.54) is 17.5 Å². The number of benzene rings is 2. The monoisotopic (exact) mass is 500 g/mol. The lowest BCUT2D eigenvalue weighted by Crippen LogP contribution is -2.46. The number of carbonyl (C=O) groups is 3. The normalized spacial score (nSPS) is 16.7. The van der Waals surface area contributed by atoms with E-state index < -0.39 is 11.9 Å². The zero-order chi connectivity index (χ0) is 25.2. The molecule has 0 atom stereocenters. The second-order valence-electron chi connectivity index (χ2n) is 8.84. The molecule has 9 heteroatoms. The number of nitrogens with one attached hydrogen (secondary N) is 3. The van der Waals surface area contributed by atoms with Crippen molar-refractivity contribution in [2.75, 3.05) is 10.6 Å². The molecule has 0 saturated heterocycles. The van der Waals surface area contributed by atoms with E-state index in [-0.39, 0.29) is 23.4 Å². The molecule has 0 bridgehead atoms. The molecular formula is C27H24N4O4S. The summed E-state index contributed by atoms with van der Waals surface area (Å²) in [6.07, 6.45) is 2.24. The highest BCUT2D eigenvalue weighted by molar-refractivity contribution is 7.17. The largest absolute Gasteiger partial charge is 0.481 e. The van der Waals surface area contributed by atoms with E-state index in [2.05, 4.69) is 20.9 Å². The van der Waals surface area contributed by atoms with Gasteiger partial charge in [0.15, 0.2) is 5.82 Å². The number of pyridine rings is 1. The number of hydrogen-bond donors (Lipinski definition) is 4. The van der Waals surface area contributed by atoms with Crippen LogP contribution in [-0.4, -0.2) is 33.9 Å². The van der Waals surface area contributed by atoms with Gasteiger partial charge in [-0.1, -0.05) is 36.4 Å². The van der Waals surface area contributed by atoms with Crippen molar-refractivity contribution >= 4 is 56.4 Å². The topological polar surface area (TPSA) is 120 Å². The molecule has 4 N–H and O–H groups in total. The van der Waals surface area contributed by atoms with Gasteiger partial charge in [-0.3, -0.25) is 14.4 Å². The van der Waals surface area contributed by atoms with Gasteiger partial charge in [-0.15, -0.1) is 11.3 Å². The molecule has 4 aromatic rings. The first-order chi connectivity index (χ1) is 17.4. The maximum absolute atomic E-state index is 13.3. The van der Waals surface area contributed by atoms with E-state index >= 15 is 0 Å². The average Bonchev–Trinajstić information content (AvgIpc) is 3.27. The second kappa shape index (κ2) is 9.79. The van der Waals surface area contributed by atoms with Crippen molar-refractivity contribution in [3.05, 3.63) is 82.9 Å². The van der Waals surface area contributed by atoms with E-state index in [0.717, 1.165) is 21.3 Å². The first kappa shape index (κ1) is 23.5. The molecule has 1 saturated carbocycles. The number of carboxylic acid groups (broad SMARTS) is 1. The number of aromatic nitrogens is 1. The fourth-order valence-corrected chi connectivity index (χ4v) is 5.11. The first-order valence-electron chi connectivity index (χ1n) is 11.5. The first-order valence-corrected chi connectivity index (χ1v) is 12.4. The number of aliphatic carboxylic acids is 1. The Morgan fingerprint density at radius 3 is 2.53 bits per heavy atom. The minimum Gasteiger partial charge on any atom is -0.481 e. The highest BCUT2D eigenvalue weighted by Gasteiger charge is 2.35. The van der Waals surface area contributed by atoms with Gasteiger partial charge in [0, 0.05) is 33.4 Å². The van der Waals surface area contributed by atoms with E-state index in [9.17, 15) is 14.4 Å². The number of anilines is 3. The highest BCUT2D eigenvalue weighted by atomic mass is 32.1. The molecule has 1 aliphatic carbocycles. The summed E-state index contributed by atoms with van der Waals surface area (Å²) in [6, 6.07) is 16.8. The van der Waals surface area contributed by atoms with Crippen LogP contribution in [0.4, 0.5) is 17.2 Å². The number of thiophene rings is 1. The molecule has 0 aliphatic heterocycles. The molecule has 8 nitrogen and oxygen atoms in total. The molecule has 2 aromatic heterocycles. The fourth-order valence-electron chi connectivity index (χ4n) is 4.17. The Morgan fingerprint density at radius 2 is 1.75 bits per heavy atom. The minimum absolute atomic E-state index is 0.196. The standard InChI is InChI=1S/C27H24N4O4S/c1-15-6-2-4-8-21(15)30-24-22(31-26(33)20-14-36-23-9-5-3-7-19(20)23)12-17(13-28-24)25(32)29-18-10-16(11-18)27(34)35/h2-9,12-14,16,18H,10-11H2,1H3,(H,28,30)(H,29,32)(H,31,33)(H,34,35). The van der Waals surface area contributed by atoms with Gasteiger partial charge < -0.3 is 21.1 Å². The Morgan fingerprint density at radius 1 is 1.00 bits per heavy atom. The predicted octanol–water partition coefficient (Wildman–Crippen LogP) is 5.19. The summed E-state index contributed by atoms with van der Waals surface area (Å²) in [4.78, 5) is 41.6. The van der Waals surface area contributed by atoms with Crippen LogP contribution in [0.25, 0.3) is 10.1 Å². The van der Waals surface area contributed by atoms with Crippen LogP contribution in [0.3, 0.4) is 0 Å². The minimum atomic E-state index is -0.847. The molecule has 182 valence electrons. The van der Waals surface area contributed by atoms with Crippen LogP contribution in [0.1, 0.15) is 39.1 Å². The van der Waals surface area contributed by atoms with Crippen LogP contribution >= 0.6 is 11.3 Å². The predicted molar refractivity (Wildman–Crippen MR) is 140 cm³/mol. The SMILES string of the molecule is Cc1ccccc1Nc1ncc(C(=O)NC2CC(C(=O)O)C2)cc1NC(=O)c1csc2ccccc12. The summed E-state index contributed by atoms with van der Waals surface area (Å²) in [5, 5.41) is 20.8. The third-order valence-corrected chi connectivity index (χ3v) is 7.31. The van der Waals surface area contributed by atoms with Crippen LogP contribution in [0.2, 0.25) is 0 Å². The van der Waals surface area contributed by atoms with Crippen molar-refractivity contribution in [1.82, 2.24) is 10.3 Å². The van der Waals surface area contributed by atoms with Crippen molar-refractivity contribution in [2.24, 2.45) is 5.92 Å². The van der Waals surface area contributed by atoms with Gasteiger partial charge in [0.05, 0.1) is 22.7 Å². The molecule has 1 fully saturated rings. The van der Waals surface area contributed by atoms with E-state index in [4.69, 9.17) is 5.11 Å². The quantitative estimate of drug-likeness (QED) is 0.277. The van der Waals surface area contributed by atoms with Gasteiger partial charge in [-0.25, -0.2) is 4.98 Å². The van der Waals surface area contributed by atoms with Crippen molar-refractivity contribution in [1.29, 1.82) is 0 Å². The molecule has 1 aliphatic rings. The van der Waals surface area contributed by atoms with Crippen LogP contribution in [0.5, 0.6) is 0 Å². The molecule has 2 aromatic carbocycles. The van der Waals surface area contributed by atoms with Crippen LogP contribution in [0, 0.1) is 12.8 Å². The highest BCUT2D eigenvalue weighted by Crippen LogP contribution is 2.31. The van der Waals surface area contributed by atoms with Gasteiger partial charge in [-0.2, -0.15) is 0 Å². The summed E-state index contributed by atoms with van der Waals surface area (Å²) in [5.41, 5.74) is 3.01. The lowest BCUT2D eigenvalue weighted by Gasteiger charge is -2.32. The molecule has 2 amide bonds. The molecule has 36 heavy (non-hydrogen) atoms. The fraction of sp³-hybridized carbons (Fsp3) is 0.185. The van der Waals surface area contributed by atoms with Gasteiger partial charge in [0.2, 0.25) is 0 Å². The molecule has 2 heterocycles. The Labute approximate surface area is 211 Å². The number of amides is 2. The zero-order valence-electron chi connectivity index (χ0n) is 19.4. The summed E-state index contributed by atoms with van der Waals surface area (Å²) in [6.45, 7) is 1.96. The number of fused-ring (bicyclic) bond motifs is 1. The van der Waals surface area contributed by atoms with E-state index in [0.29, 0.717) is 29.9 Å². The lowest BCUT2D eigenvalue weighted by atomic mass is 9.80. The molecular weight excluding hydrogens is 476 g/mol. The zero-order valence-corrected chi connectivity index (χ0v) is 20.3. The number of nitrogens with zero attached hydrogens (tertiary/aromatic N) is 1. The van der Waals surface area contributed by atoms with Gasteiger partial charge in [-0.05, 0) is 43.5 Å². The van der Waals surface area contributed by atoms with Gasteiger partial charge >= 0.3 is 5.97 Å². The molecule has 5 rings (SSSR count). The lowest BCUT2D eigenvalue weighted by molar-refractivity contribution is -0.145. The number of hydrogen-bond acceptors (Lipinski definition) is 6. The van der Waals surface area contributed by atoms with Crippen LogP contribution in [0.15, 0.2) is 66.2 Å². The maximum Gasteiger partial charge on any atom is 0.306 e. The van der Waals surface area contributed by atoms with Gasteiger partial charge in [0.1, 0.15) is 0 Å². The summed E-state index contributed by atoms with van der Waals surface area (Å²) < 4.78 is 1.01. The van der Waals surface area contributed by atoms with Crippen molar-refractivity contribution in [3.63, 3.8) is 0 Å². The van der Waals surface area contributed by atoms with Crippen LogP contribution in [-0.2, 0) is 4.79 Å². The van der Waals surface area contributed by atoms with Crippen LogP contribution < -0.4 is 16.0 Å². The number of para-hydroxylation sites is 1. The third kappa shape index (κ3) is 4.78. The molecule has 0 spiro atoms. The number of aryl methyl sites for hydroxylation is 1. The van der Waals surface area contributed by atoms with Crippen molar-refractivity contribution in [2.45, 2.75) is 25.8 Å². The molecule has 0 unspecified atom stereocenters. The van der Waals surface area contributed by atoms with Crippen molar-refractivity contribution < 1.29 is 19.5 Å². The average molecular weight is 501 g/mol. The Hall–Kier alpha value is -4.24. The number of carboxylic acids is 1. The Bertz CT molecular complexity index is 1480. The number of carbonyl (C=O) groups excluding carboxylic acids is 2.